The number of nitrogens with two attached hydrogens (primary N) is 1. The topological polar surface area (TPSA) is 185 Å². The molecule has 0 aliphatic heterocycles. The summed E-state index contributed by atoms with van der Waals surface area (Å²) in [5, 5.41) is 36.3. The molecule has 2 rings (SSSR count). The zero-order valence-electron chi connectivity index (χ0n) is 20.1. The van der Waals surface area contributed by atoms with Crippen molar-refractivity contribution in [3.8, 4) is 0 Å². The number of allylic oxidation sites excluding steroid dienone is 4. The number of carbonyl (C=O) groups is 4. The van der Waals surface area contributed by atoms with Gasteiger partial charge in [-0.2, -0.15) is 0 Å². The van der Waals surface area contributed by atoms with Crippen LogP contribution in [0.2, 0.25) is 0 Å². The summed E-state index contributed by atoms with van der Waals surface area (Å²) in [5.41, 5.74) is 7.29. The van der Waals surface area contributed by atoms with Gasteiger partial charge >= 0.3 is 11.9 Å². The molecule has 0 aliphatic carbocycles. The first-order valence-corrected chi connectivity index (χ1v) is 11.3. The normalized spacial score (nSPS) is 12.9. The quantitative estimate of drug-likeness (QED) is 0.102. The number of carboxylic acid groups (broad SMARTS) is 2. The van der Waals surface area contributed by atoms with Crippen LogP contribution in [0.5, 0.6) is 0 Å². The zero-order valence-corrected chi connectivity index (χ0v) is 20.1. The van der Waals surface area contributed by atoms with Crippen LogP contribution in [0, 0.1) is 5.21 Å². The van der Waals surface area contributed by atoms with Gasteiger partial charge in [0.2, 0.25) is 17.5 Å². The van der Waals surface area contributed by atoms with Crippen LogP contribution in [0.25, 0.3) is 12.2 Å². The molecule has 0 unspecified atom stereocenters. The first kappa shape index (κ1) is 28.9. The van der Waals surface area contributed by atoms with E-state index in [2.05, 4.69) is 10.4 Å². The van der Waals surface area contributed by atoms with Crippen LogP contribution in [0.4, 0.5) is 11.4 Å². The molecule has 0 heterocycles. The zero-order chi connectivity index (χ0) is 27.9. The van der Waals surface area contributed by atoms with Crippen molar-refractivity contribution < 1.29 is 34.3 Å². The van der Waals surface area contributed by atoms with Gasteiger partial charge in [-0.25, -0.2) is 9.59 Å². The number of benzene rings is 2. The highest BCUT2D eigenvalue weighted by Crippen LogP contribution is 2.19. The molecule has 0 aromatic heterocycles. The summed E-state index contributed by atoms with van der Waals surface area (Å²) in [7, 11) is 0. The number of hydrogen-bond acceptors (Lipinski definition) is 6. The van der Waals surface area contributed by atoms with Crippen molar-refractivity contribution in [2.45, 2.75) is 18.9 Å². The lowest BCUT2D eigenvalue weighted by molar-refractivity contribution is -0.435. The van der Waals surface area contributed by atoms with Crippen LogP contribution in [0.3, 0.4) is 0 Å². The summed E-state index contributed by atoms with van der Waals surface area (Å²) < 4.78 is 0. The van der Waals surface area contributed by atoms with Crippen molar-refractivity contribution in [1.29, 1.82) is 0 Å². The first-order chi connectivity index (χ1) is 18.1. The predicted octanol–water partition coefficient (Wildman–Crippen LogP) is 3.67. The molecule has 11 nitrogen and oxygen atoms in total. The molecule has 11 heteroatoms. The van der Waals surface area contributed by atoms with Crippen molar-refractivity contribution in [2.24, 2.45) is 10.8 Å². The van der Waals surface area contributed by atoms with E-state index in [0.29, 0.717) is 16.2 Å². The minimum absolute atomic E-state index is 0.105. The summed E-state index contributed by atoms with van der Waals surface area (Å²) in [6.45, 7) is 0. The van der Waals surface area contributed by atoms with Crippen LogP contribution < -0.4 is 11.1 Å². The van der Waals surface area contributed by atoms with E-state index in [1.165, 1.54) is 12.2 Å². The third-order valence-corrected chi connectivity index (χ3v) is 4.79. The van der Waals surface area contributed by atoms with E-state index in [4.69, 9.17) is 15.9 Å². The van der Waals surface area contributed by atoms with Crippen molar-refractivity contribution in [3.05, 3.63) is 101 Å². The Labute approximate surface area is 218 Å². The molecular weight excluding hydrogens is 492 g/mol. The highest BCUT2D eigenvalue weighted by atomic mass is 16.5. The van der Waals surface area contributed by atoms with Crippen LogP contribution in [0.1, 0.15) is 24.0 Å². The molecule has 2 amide bonds. The van der Waals surface area contributed by atoms with E-state index >= 15 is 0 Å². The van der Waals surface area contributed by atoms with Gasteiger partial charge in [0.25, 0.3) is 0 Å². The fraction of sp³-hybridized carbons (Fsp3) is 0.111. The summed E-state index contributed by atoms with van der Waals surface area (Å²) >= 11 is 0. The molecule has 196 valence electrons. The number of nitrogens with one attached hydrogen (secondary N) is 1. The molecule has 5 N–H and O–H groups in total. The lowest BCUT2D eigenvalue weighted by atomic mass is 10.1. The number of carboxylic acids is 2. The van der Waals surface area contributed by atoms with E-state index in [0.717, 1.165) is 23.3 Å². The molecule has 0 bridgehead atoms. The molecule has 0 saturated carbocycles. The van der Waals surface area contributed by atoms with Gasteiger partial charge < -0.3 is 26.5 Å². The molecule has 0 radical (unpaired) electrons. The van der Waals surface area contributed by atoms with Gasteiger partial charge in [-0.1, -0.05) is 53.4 Å². The lowest BCUT2D eigenvalue weighted by Crippen LogP contribution is -2.40. The Bertz CT molecular complexity index is 1290. The SMILES string of the molecule is NC(=O)CC[C@H](NC(=O)/C=C/C=C/c1ccc([N+]([O-])=Nc2ccc(/C=C/C=C/C(=O)O)cc2)cc1)C(=O)O. The number of amides is 2. The minimum atomic E-state index is -1.26. The maximum atomic E-state index is 12.4. The number of primary amides is 1. The molecular formula is C27H26N4O7. The number of aliphatic carboxylic acids is 2. The summed E-state index contributed by atoms with van der Waals surface area (Å²) in [4.78, 5) is 44.8. The number of nitrogens with zero attached hydrogens (tertiary/aromatic N) is 2. The Morgan fingerprint density at radius 1 is 0.895 bits per heavy atom. The van der Waals surface area contributed by atoms with E-state index in [-0.39, 0.29) is 12.8 Å². The second-order valence-electron chi connectivity index (χ2n) is 7.74. The molecule has 0 fully saturated rings. The molecule has 2 aromatic carbocycles. The van der Waals surface area contributed by atoms with Gasteiger partial charge in [0.05, 0.1) is 0 Å². The van der Waals surface area contributed by atoms with Gasteiger partial charge in [-0.3, -0.25) is 9.59 Å². The average Bonchev–Trinajstić information content (AvgIpc) is 2.88. The maximum Gasteiger partial charge on any atom is 0.328 e. The molecule has 2 aromatic rings. The predicted molar refractivity (Wildman–Crippen MR) is 140 cm³/mol. The third kappa shape index (κ3) is 11.0. The van der Waals surface area contributed by atoms with Crippen molar-refractivity contribution in [2.75, 3.05) is 0 Å². The Morgan fingerprint density at radius 2 is 1.45 bits per heavy atom. The Morgan fingerprint density at radius 3 is 1.97 bits per heavy atom. The minimum Gasteiger partial charge on any atom is -0.594 e. The second kappa shape index (κ2) is 14.9. The second-order valence-corrected chi connectivity index (χ2v) is 7.74. The Hall–Kier alpha value is -5.32. The number of rotatable bonds is 13. The first-order valence-electron chi connectivity index (χ1n) is 11.3. The Balaban J connectivity index is 1.93. The van der Waals surface area contributed by atoms with Crippen LogP contribution in [0.15, 0.2) is 90.1 Å². The van der Waals surface area contributed by atoms with Gasteiger partial charge in [-0.15, -0.1) is 0 Å². The number of carbonyl (C=O) groups excluding carboxylic acids is 2. The van der Waals surface area contributed by atoms with E-state index in [9.17, 15) is 24.4 Å². The van der Waals surface area contributed by atoms with Gasteiger partial charge in [0, 0.05) is 35.8 Å². The van der Waals surface area contributed by atoms with E-state index in [1.807, 2.05) is 0 Å². The molecule has 1 atom stereocenters. The van der Waals surface area contributed by atoms with Crippen molar-refractivity contribution in [1.82, 2.24) is 5.32 Å². The molecule has 38 heavy (non-hydrogen) atoms. The van der Waals surface area contributed by atoms with Gasteiger partial charge in [0.15, 0.2) is 0 Å². The van der Waals surface area contributed by atoms with Crippen molar-refractivity contribution in [3.63, 3.8) is 0 Å². The fourth-order valence-electron chi connectivity index (χ4n) is 2.91. The number of hydrogen-bond donors (Lipinski definition) is 4. The highest BCUT2D eigenvalue weighted by molar-refractivity contribution is 5.91. The molecule has 0 spiro atoms. The molecule has 0 saturated heterocycles. The van der Waals surface area contributed by atoms with Crippen LogP contribution in [-0.4, -0.2) is 44.9 Å². The largest absolute Gasteiger partial charge is 0.594 e. The smallest absolute Gasteiger partial charge is 0.328 e. The monoisotopic (exact) mass is 518 g/mol. The van der Waals surface area contributed by atoms with Gasteiger partial charge in [-0.05, 0) is 41.8 Å². The van der Waals surface area contributed by atoms with E-state index in [1.54, 1.807) is 72.8 Å². The maximum absolute atomic E-state index is 12.4. The van der Waals surface area contributed by atoms with Crippen LogP contribution >= 0.6 is 0 Å². The average molecular weight is 519 g/mol. The van der Waals surface area contributed by atoms with E-state index < -0.39 is 29.8 Å². The Kier molecular flexibility index (Phi) is 11.4. The summed E-state index contributed by atoms with van der Waals surface area (Å²) in [6, 6.07) is 12.1. The number of azo groups is 1. The van der Waals surface area contributed by atoms with Gasteiger partial charge in [0.1, 0.15) is 11.7 Å². The fourth-order valence-corrected chi connectivity index (χ4v) is 2.91. The molecule has 0 aliphatic rings. The standard InChI is InChI=1S/C27H26N4O7/c28-24(32)18-17-23(27(36)37)29-25(33)7-3-1-5-20-11-15-22(16-12-20)31(38)30-21-13-9-19(10-14-21)6-2-4-8-26(34)35/h1-16,23H,17-18H2,(H2,28,32)(H,29,33)(H,34,35)(H,36,37)/b5-1+,6-2+,7-3+,8-4+,31-30?/t23-/m0/s1. The van der Waals surface area contributed by atoms with Crippen molar-refractivity contribution >= 4 is 47.3 Å². The lowest BCUT2D eigenvalue weighted by Gasteiger charge is -2.11. The summed E-state index contributed by atoms with van der Waals surface area (Å²) in [5.74, 6) is -3.59. The highest BCUT2D eigenvalue weighted by Gasteiger charge is 2.19. The third-order valence-electron chi connectivity index (χ3n) is 4.79. The van der Waals surface area contributed by atoms with Crippen LogP contribution in [-0.2, 0) is 19.2 Å². The summed E-state index contributed by atoms with van der Waals surface area (Å²) in [6.07, 6.45) is 11.3.